The molecule has 28 heavy (non-hydrogen) atoms. The number of aromatic nitrogens is 1. The van der Waals surface area contributed by atoms with E-state index in [1.54, 1.807) is 50.4 Å². The van der Waals surface area contributed by atoms with Crippen LogP contribution in [-0.2, 0) is 6.54 Å². The minimum Gasteiger partial charge on any atom is -0.366 e. The van der Waals surface area contributed by atoms with Gasteiger partial charge in [-0.1, -0.05) is 46.6 Å². The highest BCUT2D eigenvalue weighted by molar-refractivity contribution is 6.39. The van der Waals surface area contributed by atoms with Crippen molar-refractivity contribution in [3.8, 4) is 11.3 Å². The fourth-order valence-corrected chi connectivity index (χ4v) is 3.45. The molecule has 0 fully saturated rings. The molecule has 0 saturated heterocycles. The standard InChI is InChI=1S/C20H17Cl2N3O3/c1-11-16(18(24-28-11)17-14(21)7-4-8-15(17)22)20(27)25(2)10-12-5-3-6-13(9-12)19(23)26/h3-9H,10H2,1-2H3,(H2,23,26). The van der Waals surface area contributed by atoms with Crippen molar-refractivity contribution in [2.75, 3.05) is 7.05 Å². The summed E-state index contributed by atoms with van der Waals surface area (Å²) in [6, 6.07) is 11.8. The van der Waals surface area contributed by atoms with Gasteiger partial charge in [-0.05, 0) is 36.8 Å². The molecule has 8 heteroatoms. The van der Waals surface area contributed by atoms with E-state index in [4.69, 9.17) is 33.5 Å². The van der Waals surface area contributed by atoms with Crippen LogP contribution in [0.5, 0.6) is 0 Å². The number of nitrogens with zero attached hydrogens (tertiary/aromatic N) is 2. The number of carbonyl (C=O) groups is 2. The van der Waals surface area contributed by atoms with Gasteiger partial charge in [-0.2, -0.15) is 0 Å². The summed E-state index contributed by atoms with van der Waals surface area (Å²) >= 11 is 12.5. The summed E-state index contributed by atoms with van der Waals surface area (Å²) in [7, 11) is 1.64. The fraction of sp³-hybridized carbons (Fsp3) is 0.150. The normalized spacial score (nSPS) is 10.7. The molecular weight excluding hydrogens is 401 g/mol. The predicted molar refractivity (Wildman–Crippen MR) is 107 cm³/mol. The molecule has 0 atom stereocenters. The SMILES string of the molecule is Cc1onc(-c2c(Cl)cccc2Cl)c1C(=O)N(C)Cc1cccc(C(N)=O)c1. The molecule has 0 unspecified atom stereocenters. The number of aryl methyl sites for hydroxylation is 1. The van der Waals surface area contributed by atoms with Crippen molar-refractivity contribution in [3.05, 3.63) is 75.0 Å². The summed E-state index contributed by atoms with van der Waals surface area (Å²) in [4.78, 5) is 26.0. The summed E-state index contributed by atoms with van der Waals surface area (Å²) in [5.74, 6) is -0.482. The Hall–Kier alpha value is -2.83. The second-order valence-electron chi connectivity index (χ2n) is 6.28. The first-order chi connectivity index (χ1) is 13.3. The van der Waals surface area contributed by atoms with E-state index < -0.39 is 5.91 Å². The number of amides is 2. The van der Waals surface area contributed by atoms with Crippen molar-refractivity contribution < 1.29 is 14.1 Å². The molecule has 2 N–H and O–H groups in total. The average molecular weight is 418 g/mol. The van der Waals surface area contributed by atoms with Crippen molar-refractivity contribution in [1.29, 1.82) is 0 Å². The van der Waals surface area contributed by atoms with E-state index in [1.165, 1.54) is 4.90 Å². The van der Waals surface area contributed by atoms with Crippen LogP contribution < -0.4 is 5.73 Å². The van der Waals surface area contributed by atoms with Crippen molar-refractivity contribution in [1.82, 2.24) is 10.1 Å². The lowest BCUT2D eigenvalue weighted by Crippen LogP contribution is -2.27. The van der Waals surface area contributed by atoms with E-state index in [2.05, 4.69) is 5.16 Å². The first kappa shape index (κ1) is 19.9. The molecule has 2 amide bonds. The first-order valence-electron chi connectivity index (χ1n) is 8.34. The van der Waals surface area contributed by atoms with Gasteiger partial charge < -0.3 is 15.2 Å². The molecule has 0 spiro atoms. The van der Waals surface area contributed by atoms with Crippen molar-refractivity contribution in [2.45, 2.75) is 13.5 Å². The minimum atomic E-state index is -0.527. The highest BCUT2D eigenvalue weighted by atomic mass is 35.5. The Kier molecular flexibility index (Phi) is 5.72. The van der Waals surface area contributed by atoms with Crippen molar-refractivity contribution in [3.63, 3.8) is 0 Å². The maximum Gasteiger partial charge on any atom is 0.259 e. The van der Waals surface area contributed by atoms with Gasteiger partial charge in [-0.25, -0.2) is 0 Å². The fourth-order valence-electron chi connectivity index (χ4n) is 2.88. The second-order valence-corrected chi connectivity index (χ2v) is 7.10. The van der Waals surface area contributed by atoms with Gasteiger partial charge in [0, 0.05) is 24.7 Å². The van der Waals surface area contributed by atoms with Crippen LogP contribution in [0.1, 0.15) is 32.0 Å². The summed E-state index contributed by atoms with van der Waals surface area (Å²) < 4.78 is 5.26. The van der Waals surface area contributed by atoms with Crippen LogP contribution in [0.2, 0.25) is 10.0 Å². The predicted octanol–water partition coefficient (Wildman–Crippen LogP) is 4.33. The quantitative estimate of drug-likeness (QED) is 0.668. The maximum atomic E-state index is 13.1. The van der Waals surface area contributed by atoms with Gasteiger partial charge in [0.1, 0.15) is 17.0 Å². The topological polar surface area (TPSA) is 89.4 Å². The third kappa shape index (κ3) is 3.88. The average Bonchev–Trinajstić information content (AvgIpc) is 3.02. The molecule has 3 aromatic rings. The molecular formula is C20H17Cl2N3O3. The molecule has 0 aliphatic rings. The van der Waals surface area contributed by atoms with E-state index in [1.807, 2.05) is 6.07 Å². The number of rotatable bonds is 5. The first-order valence-corrected chi connectivity index (χ1v) is 9.10. The van der Waals surface area contributed by atoms with Gasteiger partial charge in [0.2, 0.25) is 5.91 Å². The molecule has 6 nitrogen and oxygen atoms in total. The van der Waals surface area contributed by atoms with E-state index in [0.717, 1.165) is 5.56 Å². The molecule has 0 aliphatic heterocycles. The van der Waals surface area contributed by atoms with Crippen LogP contribution in [0.3, 0.4) is 0 Å². The third-order valence-electron chi connectivity index (χ3n) is 4.25. The zero-order valence-electron chi connectivity index (χ0n) is 15.2. The van der Waals surface area contributed by atoms with Crippen LogP contribution in [0.15, 0.2) is 47.0 Å². The smallest absolute Gasteiger partial charge is 0.259 e. The third-order valence-corrected chi connectivity index (χ3v) is 4.88. The lowest BCUT2D eigenvalue weighted by atomic mass is 10.0. The van der Waals surface area contributed by atoms with E-state index in [-0.39, 0.29) is 23.7 Å². The Morgan fingerprint density at radius 1 is 1.14 bits per heavy atom. The molecule has 3 rings (SSSR count). The zero-order chi connectivity index (χ0) is 20.4. The second kappa shape index (κ2) is 8.04. The monoisotopic (exact) mass is 417 g/mol. The lowest BCUT2D eigenvalue weighted by molar-refractivity contribution is 0.0784. The van der Waals surface area contributed by atoms with Crippen molar-refractivity contribution in [2.24, 2.45) is 5.73 Å². The van der Waals surface area contributed by atoms with E-state index >= 15 is 0 Å². The van der Waals surface area contributed by atoms with Gasteiger partial charge in [0.15, 0.2) is 0 Å². The molecule has 0 saturated carbocycles. The van der Waals surface area contributed by atoms with Crippen LogP contribution in [0.4, 0.5) is 0 Å². The van der Waals surface area contributed by atoms with Crippen LogP contribution in [0.25, 0.3) is 11.3 Å². The Morgan fingerprint density at radius 2 is 1.79 bits per heavy atom. The van der Waals surface area contributed by atoms with Gasteiger partial charge in [-0.15, -0.1) is 0 Å². The van der Waals surface area contributed by atoms with Crippen LogP contribution in [-0.4, -0.2) is 28.9 Å². The van der Waals surface area contributed by atoms with Gasteiger partial charge in [0.25, 0.3) is 5.91 Å². The Labute approximate surface area is 171 Å². The highest BCUT2D eigenvalue weighted by Gasteiger charge is 2.27. The largest absolute Gasteiger partial charge is 0.366 e. The number of carbonyl (C=O) groups excluding carboxylic acids is 2. The number of halogens is 2. The zero-order valence-corrected chi connectivity index (χ0v) is 16.7. The van der Waals surface area contributed by atoms with Crippen molar-refractivity contribution >= 4 is 35.0 Å². The number of primary amides is 1. The molecule has 0 aliphatic carbocycles. The van der Waals surface area contributed by atoms with Gasteiger partial charge in [0.05, 0.1) is 10.0 Å². The number of nitrogens with two attached hydrogens (primary N) is 1. The number of hydrogen-bond donors (Lipinski definition) is 1. The summed E-state index contributed by atoms with van der Waals surface area (Å²) in [6.45, 7) is 1.91. The molecule has 0 bridgehead atoms. The maximum absolute atomic E-state index is 13.1. The molecule has 2 aromatic carbocycles. The summed E-state index contributed by atoms with van der Waals surface area (Å²) in [5.41, 5.74) is 7.47. The van der Waals surface area contributed by atoms with Crippen LogP contribution in [0, 0.1) is 6.92 Å². The van der Waals surface area contributed by atoms with Gasteiger partial charge in [-0.3, -0.25) is 9.59 Å². The highest BCUT2D eigenvalue weighted by Crippen LogP contribution is 2.37. The Balaban J connectivity index is 1.94. The number of benzene rings is 2. The molecule has 1 aromatic heterocycles. The lowest BCUT2D eigenvalue weighted by Gasteiger charge is -2.18. The van der Waals surface area contributed by atoms with E-state index in [9.17, 15) is 9.59 Å². The Bertz CT molecular complexity index is 1040. The van der Waals surface area contributed by atoms with E-state index in [0.29, 0.717) is 26.9 Å². The Morgan fingerprint density at radius 3 is 2.43 bits per heavy atom. The van der Waals surface area contributed by atoms with Crippen LogP contribution >= 0.6 is 23.2 Å². The van der Waals surface area contributed by atoms with Gasteiger partial charge >= 0.3 is 0 Å². The number of hydrogen-bond acceptors (Lipinski definition) is 4. The summed E-state index contributed by atoms with van der Waals surface area (Å²) in [5, 5.41) is 4.74. The molecule has 0 radical (unpaired) electrons. The summed E-state index contributed by atoms with van der Waals surface area (Å²) in [6.07, 6.45) is 0. The molecule has 1 heterocycles. The minimum absolute atomic E-state index is 0.264. The molecule has 144 valence electrons.